The maximum Gasteiger partial charge on any atom is -0.0338 e. The Morgan fingerprint density at radius 1 is 2.00 bits per heavy atom. The van der Waals surface area contributed by atoms with E-state index in [4.69, 9.17) is 0 Å². The van der Waals surface area contributed by atoms with Gasteiger partial charge in [0.2, 0.25) is 0 Å². The van der Waals surface area contributed by atoms with Crippen LogP contribution < -0.4 is 4.86 Å². The van der Waals surface area contributed by atoms with Crippen molar-refractivity contribution in [3.63, 3.8) is 0 Å². The third kappa shape index (κ3) is 2.82. The van der Waals surface area contributed by atoms with Gasteiger partial charge in [-0.1, -0.05) is 18.1 Å². The summed E-state index contributed by atoms with van der Waals surface area (Å²) in [4.78, 5) is 2.88. The lowest BCUT2D eigenvalue weighted by Gasteiger charge is -1.76. The molecule has 2 unspecified atom stereocenters. The molecule has 1 nitrogen and oxygen atoms in total. The summed E-state index contributed by atoms with van der Waals surface area (Å²) >= 11 is 0. The van der Waals surface area contributed by atoms with Gasteiger partial charge in [-0.2, -0.15) is 0 Å². The van der Waals surface area contributed by atoms with Gasteiger partial charge >= 0.3 is 0 Å². The summed E-state index contributed by atoms with van der Waals surface area (Å²) in [6.45, 7) is 2.08. The fourth-order valence-electron chi connectivity index (χ4n) is 0. The molecule has 0 aromatic rings. The molecule has 0 aliphatic carbocycles. The Hall–Kier alpha value is 0.820. The van der Waals surface area contributed by atoms with E-state index in [1.165, 1.54) is 0 Å². The average molecular weight is 95.0 g/mol. The fourth-order valence-corrected chi connectivity index (χ4v) is 0. The predicted octanol–water partition coefficient (Wildman–Crippen LogP) is 0.589. The third-order valence-electron chi connectivity index (χ3n) is 0.144. The quantitative estimate of drug-likeness (QED) is 0.470. The zero-order chi connectivity index (χ0) is 3.41. The minimum atomic E-state index is 0.853. The molecule has 4 heavy (non-hydrogen) atoms. The predicted molar refractivity (Wildman–Crippen MR) is 27.1 cm³/mol. The van der Waals surface area contributed by atoms with Crippen LogP contribution in [-0.4, -0.2) is 6.66 Å². The minimum absolute atomic E-state index is 0.853. The maximum absolute atomic E-state index is 2.88. The second kappa shape index (κ2) is 3.82. The lowest BCUT2D eigenvalue weighted by atomic mass is 12.0. The van der Waals surface area contributed by atoms with Crippen LogP contribution >= 0.6 is 18.1 Å². The van der Waals surface area contributed by atoms with Gasteiger partial charge in [0.05, 0.1) is 0 Å². The van der Waals surface area contributed by atoms with Crippen LogP contribution in [0, 0.1) is 0 Å². The van der Waals surface area contributed by atoms with Crippen molar-refractivity contribution in [1.29, 1.82) is 0 Å². The van der Waals surface area contributed by atoms with Crippen molar-refractivity contribution < 1.29 is 0 Å². The Labute approximate surface area is 30.6 Å². The number of nitrogens with one attached hydrogen (secondary N) is 1. The Bertz CT molecular complexity index is 8.00. The molecule has 0 fully saturated rings. The van der Waals surface area contributed by atoms with Crippen LogP contribution in [0.25, 0.3) is 0 Å². The van der Waals surface area contributed by atoms with Gasteiger partial charge < -0.3 is 0 Å². The maximum atomic E-state index is 2.88. The monoisotopic (exact) mass is 95.0 g/mol. The van der Waals surface area contributed by atoms with Gasteiger partial charge in [-0.15, -0.1) is 0 Å². The molecule has 0 spiro atoms. The molecule has 0 aromatic heterocycles. The highest BCUT2D eigenvalue weighted by atomic mass is 31.1. The van der Waals surface area contributed by atoms with Crippen LogP contribution in [0.2, 0.25) is 0 Å². The SMILES string of the molecule is CPNP. The van der Waals surface area contributed by atoms with Gasteiger partial charge in [0.25, 0.3) is 0 Å². The van der Waals surface area contributed by atoms with Crippen LogP contribution in [-0.2, 0) is 0 Å². The molecule has 3 heteroatoms. The molecule has 0 rings (SSSR count). The van der Waals surface area contributed by atoms with Crippen LogP contribution in [0.3, 0.4) is 0 Å². The summed E-state index contributed by atoms with van der Waals surface area (Å²) in [7, 11) is 3.27. The lowest BCUT2D eigenvalue weighted by Crippen LogP contribution is -1.65. The van der Waals surface area contributed by atoms with Crippen molar-refractivity contribution in [2.24, 2.45) is 0 Å². The molecule has 0 saturated carbocycles. The third-order valence-corrected chi connectivity index (χ3v) is 1.30. The van der Waals surface area contributed by atoms with E-state index < -0.39 is 0 Å². The summed E-state index contributed by atoms with van der Waals surface area (Å²) in [6, 6.07) is 0. The van der Waals surface area contributed by atoms with Crippen LogP contribution in [0.4, 0.5) is 0 Å². The molecular formula is CH7NP2. The largest absolute Gasteiger partial charge is 0.282 e. The molecule has 0 aliphatic heterocycles. The normalized spacial score (nSPS) is 10.5. The van der Waals surface area contributed by atoms with Crippen molar-refractivity contribution in [3.8, 4) is 0 Å². The summed E-state index contributed by atoms with van der Waals surface area (Å²) in [5.41, 5.74) is 0. The Morgan fingerprint density at radius 3 is 2.25 bits per heavy atom. The van der Waals surface area contributed by atoms with E-state index in [1.807, 2.05) is 0 Å². The molecule has 0 amide bonds. The first-order valence-corrected chi connectivity index (χ1v) is 3.12. The summed E-state index contributed by atoms with van der Waals surface area (Å²) in [6.07, 6.45) is 0. The van der Waals surface area contributed by atoms with Crippen molar-refractivity contribution in [1.82, 2.24) is 4.86 Å². The van der Waals surface area contributed by atoms with Crippen molar-refractivity contribution in [3.05, 3.63) is 0 Å². The first kappa shape index (κ1) is 4.82. The molecule has 0 aromatic carbocycles. The van der Waals surface area contributed by atoms with Crippen molar-refractivity contribution in [2.75, 3.05) is 6.66 Å². The zero-order valence-electron chi connectivity index (χ0n) is 2.58. The molecule has 1 N–H and O–H groups in total. The van der Waals surface area contributed by atoms with E-state index in [1.54, 1.807) is 0 Å². The Balaban J connectivity index is 1.97. The van der Waals surface area contributed by atoms with E-state index in [0.717, 1.165) is 8.73 Å². The summed E-state index contributed by atoms with van der Waals surface area (Å²) in [5.74, 6) is 0. The van der Waals surface area contributed by atoms with E-state index in [9.17, 15) is 0 Å². The fraction of sp³-hybridized carbons (Fsp3) is 1.00. The molecule has 0 saturated heterocycles. The summed E-state index contributed by atoms with van der Waals surface area (Å²) in [5, 5.41) is 0. The number of rotatable bonds is 1. The van der Waals surface area contributed by atoms with Crippen LogP contribution in [0.15, 0.2) is 0 Å². The lowest BCUT2D eigenvalue weighted by molar-refractivity contribution is 1.74. The van der Waals surface area contributed by atoms with E-state index in [2.05, 4.69) is 20.9 Å². The molecule has 2 atom stereocenters. The number of hydrogen-bond acceptors (Lipinski definition) is 1. The zero-order valence-corrected chi connectivity index (χ0v) is 4.73. The van der Waals surface area contributed by atoms with Gasteiger partial charge in [0.15, 0.2) is 0 Å². The highest BCUT2D eigenvalue weighted by Crippen LogP contribution is 1.92. The topological polar surface area (TPSA) is 12.0 Å². The van der Waals surface area contributed by atoms with Crippen molar-refractivity contribution >= 4 is 18.1 Å². The second-order valence-electron chi connectivity index (χ2n) is 0.394. The Kier molecular flexibility index (Phi) is 4.60. The average Bonchev–Trinajstić information content (AvgIpc) is 1.37. The smallest absolute Gasteiger partial charge is 0.0338 e. The van der Waals surface area contributed by atoms with Gasteiger partial charge in [0.1, 0.15) is 0 Å². The molecule has 0 bridgehead atoms. The van der Waals surface area contributed by atoms with E-state index in [-0.39, 0.29) is 0 Å². The highest BCUT2D eigenvalue weighted by Gasteiger charge is 1.49. The second-order valence-corrected chi connectivity index (χ2v) is 2.05. The standard InChI is InChI=1S/CH7NP2/c1-4-2-3/h2,4H,3H2,1H3. The molecule has 0 radical (unpaired) electrons. The van der Waals surface area contributed by atoms with Gasteiger partial charge in [-0.05, 0) is 6.66 Å². The van der Waals surface area contributed by atoms with Crippen LogP contribution in [0.1, 0.15) is 0 Å². The van der Waals surface area contributed by atoms with Gasteiger partial charge in [-0.25, -0.2) is 0 Å². The van der Waals surface area contributed by atoms with E-state index in [0.29, 0.717) is 0 Å². The molecule has 0 heterocycles. The molecule has 0 aliphatic rings. The van der Waals surface area contributed by atoms with Gasteiger partial charge in [0, 0.05) is 0 Å². The van der Waals surface area contributed by atoms with E-state index >= 15 is 0 Å². The van der Waals surface area contributed by atoms with Crippen LogP contribution in [0.5, 0.6) is 0 Å². The number of hydrogen-bond donors (Lipinski definition) is 1. The first-order chi connectivity index (χ1) is 1.91. The van der Waals surface area contributed by atoms with Gasteiger partial charge in [-0.3, -0.25) is 4.86 Å². The summed E-state index contributed by atoms with van der Waals surface area (Å²) < 4.78 is 0. The minimum Gasteiger partial charge on any atom is -0.282 e. The Morgan fingerprint density at radius 2 is 2.25 bits per heavy atom. The molecular weight excluding hydrogens is 88.0 g/mol. The highest BCUT2D eigenvalue weighted by molar-refractivity contribution is 7.44. The molecule has 26 valence electrons. The first-order valence-electron chi connectivity index (χ1n) is 1.04. The van der Waals surface area contributed by atoms with Crippen molar-refractivity contribution in [2.45, 2.75) is 0 Å².